The van der Waals surface area contributed by atoms with Gasteiger partial charge in [0.15, 0.2) is 18.1 Å². The first kappa shape index (κ1) is 21.7. The van der Waals surface area contributed by atoms with Crippen molar-refractivity contribution in [1.29, 1.82) is 0 Å². The van der Waals surface area contributed by atoms with Gasteiger partial charge in [-0.25, -0.2) is 0 Å². The van der Waals surface area contributed by atoms with E-state index < -0.39 is 0 Å². The van der Waals surface area contributed by atoms with Crippen LogP contribution in [0, 0.1) is 0 Å². The number of aliphatic hydroxyl groups excluding tert-OH is 1. The number of hydrogen-bond acceptors (Lipinski definition) is 5. The Kier molecular flexibility index (Phi) is 8.78. The predicted molar refractivity (Wildman–Crippen MR) is 109 cm³/mol. The number of hydrogen-bond donors (Lipinski definition) is 3. The van der Waals surface area contributed by atoms with Gasteiger partial charge < -0.3 is 25.2 Å². The van der Waals surface area contributed by atoms with Gasteiger partial charge in [0.25, 0.3) is 5.91 Å². The summed E-state index contributed by atoms with van der Waals surface area (Å²) in [7, 11) is 1.57. The molecule has 0 aliphatic rings. The number of rotatable bonds is 11. The summed E-state index contributed by atoms with van der Waals surface area (Å²) >= 11 is 0. The average Bonchev–Trinajstić information content (AvgIpc) is 2.73. The summed E-state index contributed by atoms with van der Waals surface area (Å²) < 4.78 is 11.0. The minimum Gasteiger partial charge on any atom is -0.493 e. The van der Waals surface area contributed by atoms with Gasteiger partial charge in [0.05, 0.1) is 19.8 Å². The molecular weight excluding hydrogens is 356 g/mol. The molecule has 152 valence electrons. The van der Waals surface area contributed by atoms with Crippen LogP contribution in [-0.2, 0) is 11.3 Å². The molecule has 0 saturated carbocycles. The summed E-state index contributed by atoms with van der Waals surface area (Å²) in [5, 5.41) is 15.5. The van der Waals surface area contributed by atoms with Crippen LogP contribution in [-0.4, -0.2) is 37.4 Å². The highest BCUT2D eigenvalue weighted by atomic mass is 16.5. The standard InChI is InChI=1S/C22H30N2O4/c1-4-19(14-25)23-13-17-10-11-20(21(12-17)27-3)28-15-22(26)24-16(2)18-8-6-5-7-9-18/h5-12,16,19,23,25H,4,13-15H2,1-3H3,(H,24,26)/t16-,19-/m0/s1. The fourth-order valence-electron chi connectivity index (χ4n) is 2.79. The van der Waals surface area contributed by atoms with E-state index in [9.17, 15) is 9.90 Å². The smallest absolute Gasteiger partial charge is 0.258 e. The molecule has 0 radical (unpaired) electrons. The zero-order valence-corrected chi connectivity index (χ0v) is 16.8. The van der Waals surface area contributed by atoms with Gasteiger partial charge in [0, 0.05) is 12.6 Å². The number of nitrogens with one attached hydrogen (secondary N) is 2. The number of amides is 1. The van der Waals surface area contributed by atoms with Gasteiger partial charge in [-0.05, 0) is 36.6 Å². The van der Waals surface area contributed by atoms with Gasteiger partial charge in [-0.3, -0.25) is 4.79 Å². The van der Waals surface area contributed by atoms with Crippen LogP contribution in [0.5, 0.6) is 11.5 Å². The quantitative estimate of drug-likeness (QED) is 0.553. The predicted octanol–water partition coefficient (Wildman–Crippen LogP) is 2.81. The van der Waals surface area contributed by atoms with Crippen LogP contribution in [0.3, 0.4) is 0 Å². The lowest BCUT2D eigenvalue weighted by atomic mass is 10.1. The van der Waals surface area contributed by atoms with Crippen molar-refractivity contribution in [1.82, 2.24) is 10.6 Å². The first-order valence-corrected chi connectivity index (χ1v) is 9.55. The molecule has 0 spiro atoms. The van der Waals surface area contributed by atoms with Gasteiger partial charge >= 0.3 is 0 Å². The Morgan fingerprint density at radius 2 is 1.89 bits per heavy atom. The molecule has 0 aliphatic carbocycles. The summed E-state index contributed by atoms with van der Waals surface area (Å²) in [6.07, 6.45) is 0.853. The molecule has 0 bridgehead atoms. The van der Waals surface area contributed by atoms with Crippen LogP contribution in [0.15, 0.2) is 48.5 Å². The molecule has 2 rings (SSSR count). The molecule has 1 amide bonds. The maximum Gasteiger partial charge on any atom is 0.258 e. The van der Waals surface area contributed by atoms with Gasteiger partial charge in [-0.15, -0.1) is 0 Å². The fraction of sp³-hybridized carbons (Fsp3) is 0.409. The highest BCUT2D eigenvalue weighted by Crippen LogP contribution is 2.28. The number of aliphatic hydroxyl groups is 1. The van der Waals surface area contributed by atoms with E-state index >= 15 is 0 Å². The third kappa shape index (κ3) is 6.55. The zero-order valence-electron chi connectivity index (χ0n) is 16.8. The Hall–Kier alpha value is -2.57. The molecule has 0 aliphatic heterocycles. The monoisotopic (exact) mass is 386 g/mol. The Labute approximate surface area is 166 Å². The van der Waals surface area contributed by atoms with Crippen molar-refractivity contribution >= 4 is 5.91 Å². The average molecular weight is 386 g/mol. The van der Waals surface area contributed by atoms with Crippen molar-refractivity contribution in [2.24, 2.45) is 0 Å². The molecule has 2 atom stereocenters. The van der Waals surface area contributed by atoms with Crippen molar-refractivity contribution in [2.75, 3.05) is 20.3 Å². The highest BCUT2D eigenvalue weighted by molar-refractivity contribution is 5.78. The number of carbonyl (C=O) groups is 1. The lowest BCUT2D eigenvalue weighted by Crippen LogP contribution is -2.31. The van der Waals surface area contributed by atoms with Crippen molar-refractivity contribution in [2.45, 2.75) is 38.9 Å². The second kappa shape index (κ2) is 11.3. The first-order chi connectivity index (χ1) is 13.6. The van der Waals surface area contributed by atoms with E-state index in [4.69, 9.17) is 9.47 Å². The zero-order chi connectivity index (χ0) is 20.4. The van der Waals surface area contributed by atoms with Gasteiger partial charge in [-0.1, -0.05) is 43.3 Å². The van der Waals surface area contributed by atoms with Gasteiger partial charge in [0.2, 0.25) is 0 Å². The summed E-state index contributed by atoms with van der Waals surface area (Å²) in [4.78, 5) is 12.2. The molecule has 0 saturated heterocycles. The minimum absolute atomic E-state index is 0.0669. The second-order valence-electron chi connectivity index (χ2n) is 6.64. The first-order valence-electron chi connectivity index (χ1n) is 9.55. The molecule has 0 fully saturated rings. The van der Waals surface area contributed by atoms with Crippen LogP contribution in [0.1, 0.15) is 37.4 Å². The van der Waals surface area contributed by atoms with E-state index in [1.54, 1.807) is 13.2 Å². The number of benzene rings is 2. The summed E-state index contributed by atoms with van der Waals surface area (Å²) in [5.41, 5.74) is 2.05. The van der Waals surface area contributed by atoms with E-state index in [-0.39, 0.29) is 31.2 Å². The van der Waals surface area contributed by atoms with Crippen molar-refractivity contribution < 1.29 is 19.4 Å². The summed E-state index contributed by atoms with van der Waals surface area (Å²) in [6, 6.07) is 15.3. The maximum absolute atomic E-state index is 12.2. The fourth-order valence-corrected chi connectivity index (χ4v) is 2.79. The lowest BCUT2D eigenvalue weighted by Gasteiger charge is -2.17. The molecule has 6 heteroatoms. The minimum atomic E-state index is -0.196. The van der Waals surface area contributed by atoms with Crippen LogP contribution in [0.25, 0.3) is 0 Å². The van der Waals surface area contributed by atoms with E-state index in [1.165, 1.54) is 0 Å². The summed E-state index contributed by atoms with van der Waals surface area (Å²) in [5.74, 6) is 0.890. The topological polar surface area (TPSA) is 79.8 Å². The Morgan fingerprint density at radius 1 is 1.14 bits per heavy atom. The maximum atomic E-state index is 12.2. The van der Waals surface area contributed by atoms with Crippen LogP contribution in [0.4, 0.5) is 0 Å². The van der Waals surface area contributed by atoms with E-state index in [0.29, 0.717) is 18.0 Å². The molecule has 0 aromatic heterocycles. The van der Waals surface area contributed by atoms with E-state index in [2.05, 4.69) is 10.6 Å². The molecular formula is C22H30N2O4. The largest absolute Gasteiger partial charge is 0.493 e. The molecule has 0 heterocycles. The van der Waals surface area contributed by atoms with Crippen molar-refractivity contribution in [3.8, 4) is 11.5 Å². The Bertz CT molecular complexity index is 733. The summed E-state index contributed by atoms with van der Waals surface area (Å²) in [6.45, 7) is 4.59. The molecule has 6 nitrogen and oxygen atoms in total. The van der Waals surface area contributed by atoms with Crippen molar-refractivity contribution in [3.05, 3.63) is 59.7 Å². The molecule has 28 heavy (non-hydrogen) atoms. The molecule has 3 N–H and O–H groups in total. The van der Waals surface area contributed by atoms with Crippen LogP contribution < -0.4 is 20.1 Å². The SMILES string of the molecule is CC[C@@H](CO)NCc1ccc(OCC(=O)N[C@@H](C)c2ccccc2)c(OC)c1. The van der Waals surface area contributed by atoms with Crippen LogP contribution >= 0.6 is 0 Å². The normalized spacial score (nSPS) is 12.9. The Balaban J connectivity index is 1.89. The Morgan fingerprint density at radius 3 is 2.54 bits per heavy atom. The lowest BCUT2D eigenvalue weighted by molar-refractivity contribution is -0.123. The third-order valence-corrected chi connectivity index (χ3v) is 4.57. The third-order valence-electron chi connectivity index (χ3n) is 4.57. The van der Waals surface area contributed by atoms with Crippen molar-refractivity contribution in [3.63, 3.8) is 0 Å². The number of methoxy groups -OCH3 is 1. The highest BCUT2D eigenvalue weighted by Gasteiger charge is 2.12. The van der Waals surface area contributed by atoms with E-state index in [0.717, 1.165) is 17.5 Å². The second-order valence-corrected chi connectivity index (χ2v) is 6.64. The molecule has 0 unspecified atom stereocenters. The van der Waals surface area contributed by atoms with Crippen LogP contribution in [0.2, 0.25) is 0 Å². The number of carbonyl (C=O) groups excluding carboxylic acids is 1. The van der Waals surface area contributed by atoms with Gasteiger partial charge in [-0.2, -0.15) is 0 Å². The molecule has 2 aromatic rings. The molecule has 2 aromatic carbocycles. The van der Waals surface area contributed by atoms with Gasteiger partial charge in [0.1, 0.15) is 0 Å². The number of ether oxygens (including phenoxy) is 2. The van der Waals surface area contributed by atoms with E-state index in [1.807, 2.05) is 56.3 Å².